The quantitative estimate of drug-likeness (QED) is 0.726. The molecule has 2 amide bonds. The van der Waals surface area contributed by atoms with Gasteiger partial charge < -0.3 is 19.3 Å². The molecule has 1 aliphatic heterocycles. The fraction of sp³-hybridized carbons (Fsp3) is 0.300. The number of pyridine rings is 1. The number of hydrogen-bond acceptors (Lipinski definition) is 7. The molecule has 3 aromatic rings. The minimum atomic E-state index is -0.151. The monoisotopic (exact) mass is 394 g/mol. The number of urea groups is 1. The van der Waals surface area contributed by atoms with Crippen LogP contribution in [0, 0.1) is 0 Å². The summed E-state index contributed by atoms with van der Waals surface area (Å²) in [4.78, 5) is 29.4. The van der Waals surface area contributed by atoms with E-state index in [0.29, 0.717) is 43.5 Å². The van der Waals surface area contributed by atoms with Crippen LogP contribution in [-0.2, 0) is 0 Å². The van der Waals surface area contributed by atoms with Crippen LogP contribution in [0.4, 0.5) is 16.4 Å². The topological polar surface area (TPSA) is 92.7 Å². The van der Waals surface area contributed by atoms with Gasteiger partial charge in [-0.25, -0.2) is 19.7 Å². The van der Waals surface area contributed by atoms with E-state index in [4.69, 9.17) is 9.47 Å². The van der Waals surface area contributed by atoms with Gasteiger partial charge in [0.2, 0.25) is 0 Å². The van der Waals surface area contributed by atoms with Crippen LogP contribution in [0.3, 0.4) is 0 Å². The zero-order valence-corrected chi connectivity index (χ0v) is 16.3. The molecule has 3 heterocycles. The Labute approximate surface area is 168 Å². The summed E-state index contributed by atoms with van der Waals surface area (Å²) in [5, 5.41) is 3.71. The maximum absolute atomic E-state index is 12.5. The summed E-state index contributed by atoms with van der Waals surface area (Å²) >= 11 is 0. The highest BCUT2D eigenvalue weighted by atomic mass is 16.5. The summed E-state index contributed by atoms with van der Waals surface area (Å²) < 4.78 is 10.8. The Balaban J connectivity index is 1.49. The standard InChI is InChI=1S/C20H22N6O3/c1-28-16-11-14-15(12-17(16)29-2)22-13-23-19(14)25-7-9-26(10-8-25)20(27)24-18-5-3-4-6-21-18/h3-6,11-13H,7-10H2,1-2H3,(H,21,24,27). The Kier molecular flexibility index (Phi) is 5.28. The van der Waals surface area contributed by atoms with Gasteiger partial charge in [0.25, 0.3) is 0 Å². The predicted octanol–water partition coefficient (Wildman–Crippen LogP) is 2.40. The van der Waals surface area contributed by atoms with E-state index >= 15 is 0 Å². The average molecular weight is 394 g/mol. The van der Waals surface area contributed by atoms with E-state index in [2.05, 4.69) is 25.2 Å². The Bertz CT molecular complexity index is 1010. The molecule has 0 aliphatic carbocycles. The molecule has 1 N–H and O–H groups in total. The third-order valence-corrected chi connectivity index (χ3v) is 4.89. The summed E-state index contributed by atoms with van der Waals surface area (Å²) in [7, 11) is 3.20. The minimum Gasteiger partial charge on any atom is -0.493 e. The lowest BCUT2D eigenvalue weighted by molar-refractivity contribution is 0.208. The van der Waals surface area contributed by atoms with Crippen molar-refractivity contribution in [3.05, 3.63) is 42.9 Å². The summed E-state index contributed by atoms with van der Waals surface area (Å²) in [5.41, 5.74) is 0.781. The predicted molar refractivity (Wildman–Crippen MR) is 110 cm³/mol. The molecule has 1 fully saturated rings. The molecule has 2 aromatic heterocycles. The van der Waals surface area contributed by atoms with Crippen molar-refractivity contribution in [2.75, 3.05) is 50.6 Å². The van der Waals surface area contributed by atoms with Crippen LogP contribution >= 0.6 is 0 Å². The molecular weight excluding hydrogens is 372 g/mol. The second-order valence-corrected chi connectivity index (χ2v) is 6.54. The van der Waals surface area contributed by atoms with E-state index in [1.165, 1.54) is 0 Å². The molecule has 1 saturated heterocycles. The smallest absolute Gasteiger partial charge is 0.323 e. The van der Waals surface area contributed by atoms with Gasteiger partial charge in [-0.15, -0.1) is 0 Å². The normalized spacial score (nSPS) is 14.0. The summed E-state index contributed by atoms with van der Waals surface area (Å²) in [6.07, 6.45) is 3.20. The molecule has 9 nitrogen and oxygen atoms in total. The number of nitrogens with one attached hydrogen (secondary N) is 1. The zero-order valence-electron chi connectivity index (χ0n) is 16.3. The van der Waals surface area contributed by atoms with Gasteiger partial charge in [-0.05, 0) is 18.2 Å². The van der Waals surface area contributed by atoms with Crippen molar-refractivity contribution >= 4 is 28.6 Å². The van der Waals surface area contributed by atoms with Crippen molar-refractivity contribution in [3.8, 4) is 11.5 Å². The molecule has 150 valence electrons. The van der Waals surface area contributed by atoms with Crippen LogP contribution in [0.2, 0.25) is 0 Å². The Hall–Kier alpha value is -3.62. The van der Waals surface area contributed by atoms with E-state index < -0.39 is 0 Å². The number of ether oxygens (including phenoxy) is 2. The summed E-state index contributed by atoms with van der Waals surface area (Å²) in [6, 6.07) is 9.00. The van der Waals surface area contributed by atoms with Crippen molar-refractivity contribution in [2.45, 2.75) is 0 Å². The summed E-state index contributed by atoms with van der Waals surface area (Å²) in [5.74, 6) is 2.62. The first-order valence-electron chi connectivity index (χ1n) is 9.28. The number of benzene rings is 1. The van der Waals surface area contributed by atoms with Gasteiger partial charge in [0.05, 0.1) is 19.7 Å². The number of amides is 2. The van der Waals surface area contributed by atoms with Crippen molar-refractivity contribution < 1.29 is 14.3 Å². The van der Waals surface area contributed by atoms with Crippen LogP contribution in [-0.4, -0.2) is 66.3 Å². The molecule has 0 bridgehead atoms. The lowest BCUT2D eigenvalue weighted by Gasteiger charge is -2.35. The van der Waals surface area contributed by atoms with Crippen LogP contribution in [0.15, 0.2) is 42.9 Å². The summed E-state index contributed by atoms with van der Waals surface area (Å²) in [6.45, 7) is 2.49. The highest BCUT2D eigenvalue weighted by Gasteiger charge is 2.24. The maximum atomic E-state index is 12.5. The molecule has 0 radical (unpaired) electrons. The van der Waals surface area contributed by atoms with Crippen molar-refractivity contribution in [3.63, 3.8) is 0 Å². The van der Waals surface area contributed by atoms with Gasteiger partial charge in [0.1, 0.15) is 18.0 Å². The molecule has 1 aromatic carbocycles. The van der Waals surface area contributed by atoms with Gasteiger partial charge >= 0.3 is 6.03 Å². The molecule has 0 atom stereocenters. The fourth-order valence-corrected chi connectivity index (χ4v) is 3.37. The van der Waals surface area contributed by atoms with Crippen LogP contribution in [0.25, 0.3) is 10.9 Å². The zero-order chi connectivity index (χ0) is 20.2. The number of rotatable bonds is 4. The number of nitrogens with zero attached hydrogens (tertiary/aromatic N) is 5. The van der Waals surface area contributed by atoms with E-state index in [1.54, 1.807) is 37.7 Å². The molecule has 0 unspecified atom stereocenters. The van der Waals surface area contributed by atoms with Crippen LogP contribution in [0.5, 0.6) is 11.5 Å². The lowest BCUT2D eigenvalue weighted by atomic mass is 10.2. The Morgan fingerprint density at radius 1 is 1.00 bits per heavy atom. The first-order chi connectivity index (χ1) is 14.2. The van der Waals surface area contributed by atoms with E-state index in [0.717, 1.165) is 16.7 Å². The Morgan fingerprint density at radius 3 is 2.45 bits per heavy atom. The number of aromatic nitrogens is 3. The van der Waals surface area contributed by atoms with E-state index in [9.17, 15) is 4.79 Å². The minimum absolute atomic E-state index is 0.151. The first-order valence-corrected chi connectivity index (χ1v) is 9.28. The molecule has 0 saturated carbocycles. The Morgan fingerprint density at radius 2 is 1.76 bits per heavy atom. The first kappa shape index (κ1) is 18.7. The highest BCUT2D eigenvalue weighted by molar-refractivity contribution is 5.92. The number of hydrogen-bond donors (Lipinski definition) is 1. The largest absolute Gasteiger partial charge is 0.493 e. The number of methoxy groups -OCH3 is 2. The van der Waals surface area contributed by atoms with Gasteiger partial charge in [-0.3, -0.25) is 5.32 Å². The van der Waals surface area contributed by atoms with E-state index in [1.807, 2.05) is 24.3 Å². The maximum Gasteiger partial charge on any atom is 0.323 e. The van der Waals surface area contributed by atoms with Crippen LogP contribution < -0.4 is 19.7 Å². The average Bonchev–Trinajstić information content (AvgIpc) is 2.78. The number of fused-ring (bicyclic) bond motifs is 1. The highest BCUT2D eigenvalue weighted by Crippen LogP contribution is 2.34. The number of piperazine rings is 1. The third kappa shape index (κ3) is 3.84. The van der Waals surface area contributed by atoms with E-state index in [-0.39, 0.29) is 6.03 Å². The van der Waals surface area contributed by atoms with Gasteiger partial charge in [0, 0.05) is 43.8 Å². The van der Waals surface area contributed by atoms with Gasteiger partial charge in [-0.2, -0.15) is 0 Å². The van der Waals surface area contributed by atoms with Crippen molar-refractivity contribution in [1.29, 1.82) is 0 Å². The van der Waals surface area contributed by atoms with Gasteiger partial charge in [0.15, 0.2) is 11.5 Å². The molecule has 9 heteroatoms. The van der Waals surface area contributed by atoms with Crippen LogP contribution in [0.1, 0.15) is 0 Å². The third-order valence-electron chi connectivity index (χ3n) is 4.89. The second-order valence-electron chi connectivity index (χ2n) is 6.54. The second kappa shape index (κ2) is 8.17. The SMILES string of the molecule is COc1cc2ncnc(N3CCN(C(=O)Nc4ccccn4)CC3)c2cc1OC. The van der Waals surface area contributed by atoms with Crippen molar-refractivity contribution in [1.82, 2.24) is 19.9 Å². The lowest BCUT2D eigenvalue weighted by Crippen LogP contribution is -2.50. The number of carbonyl (C=O) groups excluding carboxylic acids is 1. The van der Waals surface area contributed by atoms with Gasteiger partial charge in [-0.1, -0.05) is 6.07 Å². The molecular formula is C20H22N6O3. The molecule has 0 spiro atoms. The number of carbonyl (C=O) groups is 1. The fourth-order valence-electron chi connectivity index (χ4n) is 3.37. The molecule has 29 heavy (non-hydrogen) atoms. The van der Waals surface area contributed by atoms with Crippen molar-refractivity contribution in [2.24, 2.45) is 0 Å². The number of anilines is 2. The molecule has 4 rings (SSSR count). The molecule has 1 aliphatic rings.